The first-order chi connectivity index (χ1) is 12.1. The van der Waals surface area contributed by atoms with Crippen molar-refractivity contribution in [2.75, 3.05) is 6.61 Å². The number of aromatic nitrogens is 1. The molecule has 0 N–H and O–H groups in total. The molecule has 2 aromatic carbocycles. The lowest BCUT2D eigenvalue weighted by Crippen LogP contribution is -2.15. The van der Waals surface area contributed by atoms with Gasteiger partial charge in [-0.05, 0) is 31.2 Å². The van der Waals surface area contributed by atoms with E-state index in [0.29, 0.717) is 17.3 Å². The smallest absolute Gasteiger partial charge is 0.344 e. The fourth-order valence-electron chi connectivity index (χ4n) is 2.16. The molecule has 1 aromatic heterocycles. The van der Waals surface area contributed by atoms with Crippen molar-refractivity contribution in [3.05, 3.63) is 71.9 Å². The van der Waals surface area contributed by atoms with Crippen molar-refractivity contribution in [1.82, 2.24) is 4.98 Å². The van der Waals surface area contributed by atoms with Crippen LogP contribution in [0.15, 0.2) is 59.0 Å². The predicted octanol–water partition coefficient (Wildman–Crippen LogP) is 3.91. The fourth-order valence-corrected chi connectivity index (χ4v) is 2.16. The zero-order chi connectivity index (χ0) is 17.6. The highest BCUT2D eigenvalue weighted by atomic mass is 19.1. The first-order valence-corrected chi connectivity index (χ1v) is 7.68. The molecule has 0 aliphatic rings. The maximum Gasteiger partial charge on any atom is 0.344 e. The van der Waals surface area contributed by atoms with Gasteiger partial charge in [-0.1, -0.05) is 30.3 Å². The molecular weight excluding hydrogens is 325 g/mol. The van der Waals surface area contributed by atoms with Crippen LogP contribution in [-0.4, -0.2) is 17.6 Å². The number of rotatable bonds is 6. The monoisotopic (exact) mass is 341 g/mol. The molecule has 0 radical (unpaired) electrons. The van der Waals surface area contributed by atoms with E-state index < -0.39 is 11.8 Å². The van der Waals surface area contributed by atoms with Crippen molar-refractivity contribution in [2.45, 2.75) is 13.5 Å². The van der Waals surface area contributed by atoms with E-state index in [1.165, 1.54) is 18.2 Å². The highest BCUT2D eigenvalue weighted by molar-refractivity contribution is 5.71. The normalized spacial score (nSPS) is 10.5. The van der Waals surface area contributed by atoms with Gasteiger partial charge in [-0.2, -0.15) is 0 Å². The third kappa shape index (κ3) is 4.23. The molecule has 0 aliphatic heterocycles. The number of carbonyl (C=O) groups excluding carboxylic acids is 1. The van der Waals surface area contributed by atoms with E-state index in [0.717, 1.165) is 5.56 Å². The zero-order valence-corrected chi connectivity index (χ0v) is 13.6. The number of carbonyl (C=O) groups is 1. The summed E-state index contributed by atoms with van der Waals surface area (Å²) < 4.78 is 29.2. The molecule has 1 heterocycles. The minimum Gasteiger partial charge on any atom is -0.479 e. The average molecular weight is 341 g/mol. The summed E-state index contributed by atoms with van der Waals surface area (Å²) in [6, 6.07) is 15.3. The van der Waals surface area contributed by atoms with Gasteiger partial charge in [0.25, 0.3) is 0 Å². The van der Waals surface area contributed by atoms with Crippen LogP contribution in [-0.2, 0) is 16.1 Å². The number of nitrogens with zero attached hydrogens (tertiary/aromatic N) is 1. The second kappa shape index (κ2) is 7.61. The van der Waals surface area contributed by atoms with Gasteiger partial charge in [-0.25, -0.2) is 14.2 Å². The van der Waals surface area contributed by atoms with Gasteiger partial charge in [0.1, 0.15) is 18.1 Å². The first-order valence-electron chi connectivity index (χ1n) is 7.68. The average Bonchev–Trinajstić information content (AvgIpc) is 3.01. The molecule has 0 amide bonds. The van der Waals surface area contributed by atoms with Gasteiger partial charge in [0.15, 0.2) is 18.2 Å². The summed E-state index contributed by atoms with van der Waals surface area (Å²) in [7, 11) is 0. The van der Waals surface area contributed by atoms with E-state index >= 15 is 0 Å². The summed E-state index contributed by atoms with van der Waals surface area (Å²) in [5.41, 5.74) is 1.36. The quantitative estimate of drug-likeness (QED) is 0.636. The fraction of sp³-hybridized carbons (Fsp3) is 0.158. The standard InChI is InChI=1S/C19H16FNO4/c1-13-16(21-19(25-13)14-7-3-2-4-8-14)11-24-18(22)12-23-17-10-6-5-9-15(17)20/h2-10H,11-12H2,1H3. The lowest BCUT2D eigenvalue weighted by molar-refractivity contribution is -0.147. The van der Waals surface area contributed by atoms with E-state index in [2.05, 4.69) is 4.98 Å². The van der Waals surface area contributed by atoms with Crippen molar-refractivity contribution in [2.24, 2.45) is 0 Å². The molecule has 0 fully saturated rings. The Bertz CT molecular complexity index is 861. The van der Waals surface area contributed by atoms with Gasteiger partial charge in [-0.3, -0.25) is 0 Å². The van der Waals surface area contributed by atoms with Crippen LogP contribution in [0, 0.1) is 12.7 Å². The highest BCUT2D eigenvalue weighted by Crippen LogP contribution is 2.22. The molecule has 0 unspecified atom stereocenters. The molecule has 0 saturated heterocycles. The van der Waals surface area contributed by atoms with Crippen molar-refractivity contribution in [1.29, 1.82) is 0 Å². The van der Waals surface area contributed by atoms with Crippen LogP contribution < -0.4 is 4.74 Å². The maximum atomic E-state index is 13.4. The zero-order valence-electron chi connectivity index (χ0n) is 13.6. The minimum absolute atomic E-state index is 0.00318. The van der Waals surface area contributed by atoms with E-state index in [4.69, 9.17) is 13.9 Å². The van der Waals surface area contributed by atoms with Crippen LogP contribution in [0.1, 0.15) is 11.5 Å². The minimum atomic E-state index is -0.619. The predicted molar refractivity (Wildman–Crippen MR) is 88.4 cm³/mol. The van der Waals surface area contributed by atoms with Gasteiger partial charge < -0.3 is 13.9 Å². The SMILES string of the molecule is Cc1oc(-c2ccccc2)nc1COC(=O)COc1ccccc1F. The molecule has 0 saturated carbocycles. The van der Waals surface area contributed by atoms with E-state index in [1.807, 2.05) is 30.3 Å². The molecule has 0 atom stereocenters. The maximum absolute atomic E-state index is 13.4. The number of oxazole rings is 1. The Morgan fingerprint density at radius 3 is 2.60 bits per heavy atom. The van der Waals surface area contributed by atoms with Crippen molar-refractivity contribution in [3.8, 4) is 17.2 Å². The number of ether oxygens (including phenoxy) is 2. The van der Waals surface area contributed by atoms with Crippen molar-refractivity contribution >= 4 is 5.97 Å². The molecule has 3 aromatic rings. The number of halogens is 1. The van der Waals surface area contributed by atoms with Crippen LogP contribution in [0.5, 0.6) is 5.75 Å². The highest BCUT2D eigenvalue weighted by Gasteiger charge is 2.14. The largest absolute Gasteiger partial charge is 0.479 e. The summed E-state index contributed by atoms with van der Waals surface area (Å²) in [4.78, 5) is 16.1. The van der Waals surface area contributed by atoms with E-state index in [-0.39, 0.29) is 19.0 Å². The third-order valence-corrected chi connectivity index (χ3v) is 3.47. The third-order valence-electron chi connectivity index (χ3n) is 3.47. The van der Waals surface area contributed by atoms with E-state index in [1.54, 1.807) is 13.0 Å². The Morgan fingerprint density at radius 1 is 1.12 bits per heavy atom. The van der Waals surface area contributed by atoms with Crippen molar-refractivity contribution < 1.29 is 23.1 Å². The summed E-state index contributed by atoms with van der Waals surface area (Å²) in [6.07, 6.45) is 0. The molecule has 3 rings (SSSR count). The number of esters is 1. The molecule has 128 valence electrons. The summed E-state index contributed by atoms with van der Waals surface area (Å²) in [5.74, 6) is -0.112. The Hall–Kier alpha value is -3.15. The molecule has 6 heteroatoms. The number of hydrogen-bond acceptors (Lipinski definition) is 5. The summed E-state index contributed by atoms with van der Waals surface area (Å²) in [6.45, 7) is 1.32. The van der Waals surface area contributed by atoms with E-state index in [9.17, 15) is 9.18 Å². The number of hydrogen-bond donors (Lipinski definition) is 0. The molecule has 0 spiro atoms. The number of aryl methyl sites for hydroxylation is 1. The van der Waals surface area contributed by atoms with Crippen LogP contribution in [0.2, 0.25) is 0 Å². The Balaban J connectivity index is 1.56. The molecule has 0 aliphatic carbocycles. The van der Waals surface area contributed by atoms with Gasteiger partial charge >= 0.3 is 5.97 Å². The molecule has 25 heavy (non-hydrogen) atoms. The van der Waals surface area contributed by atoms with Crippen LogP contribution >= 0.6 is 0 Å². The molecule has 5 nitrogen and oxygen atoms in total. The Morgan fingerprint density at radius 2 is 1.84 bits per heavy atom. The van der Waals surface area contributed by atoms with Crippen LogP contribution in [0.4, 0.5) is 4.39 Å². The van der Waals surface area contributed by atoms with Gasteiger partial charge in [0, 0.05) is 5.56 Å². The lowest BCUT2D eigenvalue weighted by Gasteiger charge is -2.06. The van der Waals surface area contributed by atoms with Crippen LogP contribution in [0.3, 0.4) is 0 Å². The van der Waals surface area contributed by atoms with Crippen LogP contribution in [0.25, 0.3) is 11.5 Å². The lowest BCUT2D eigenvalue weighted by atomic mass is 10.2. The van der Waals surface area contributed by atoms with Gasteiger partial charge in [-0.15, -0.1) is 0 Å². The second-order valence-electron chi connectivity index (χ2n) is 5.27. The van der Waals surface area contributed by atoms with Gasteiger partial charge in [0.2, 0.25) is 5.89 Å². The van der Waals surface area contributed by atoms with Gasteiger partial charge in [0.05, 0.1) is 0 Å². The second-order valence-corrected chi connectivity index (χ2v) is 5.27. The first kappa shape index (κ1) is 16.7. The molecule has 0 bridgehead atoms. The number of para-hydroxylation sites is 1. The van der Waals surface area contributed by atoms with Crippen molar-refractivity contribution in [3.63, 3.8) is 0 Å². The topological polar surface area (TPSA) is 61.6 Å². The summed E-state index contributed by atoms with van der Waals surface area (Å²) >= 11 is 0. The Kier molecular flexibility index (Phi) is 5.09. The number of benzene rings is 2. The molecular formula is C19H16FNO4. The summed E-state index contributed by atoms with van der Waals surface area (Å²) in [5, 5.41) is 0. The Labute approximate surface area is 144 Å².